The lowest BCUT2D eigenvalue weighted by Crippen LogP contribution is -2.18. The highest BCUT2D eigenvalue weighted by Crippen LogP contribution is 2.36. The Kier molecular flexibility index (Phi) is 8.20. The molecule has 0 saturated carbocycles. The molecule has 0 atom stereocenters. The van der Waals surface area contributed by atoms with Gasteiger partial charge in [-0.3, -0.25) is 14.9 Å². The fourth-order valence-corrected chi connectivity index (χ4v) is 3.40. The van der Waals surface area contributed by atoms with Crippen LogP contribution in [-0.4, -0.2) is 58.6 Å². The zero-order chi connectivity index (χ0) is 26.4. The van der Waals surface area contributed by atoms with Gasteiger partial charge in [-0.05, 0) is 38.5 Å². The predicted octanol–water partition coefficient (Wildman–Crippen LogP) is 3.45. The Morgan fingerprint density at radius 3 is 2.33 bits per heavy atom. The lowest BCUT2D eigenvalue weighted by atomic mass is 10.0. The summed E-state index contributed by atoms with van der Waals surface area (Å²) in [6.45, 7) is 5.21. The fourth-order valence-electron chi connectivity index (χ4n) is 3.40. The van der Waals surface area contributed by atoms with Gasteiger partial charge >= 0.3 is 5.97 Å². The van der Waals surface area contributed by atoms with Gasteiger partial charge in [0, 0.05) is 6.07 Å². The number of benzene rings is 2. The van der Waals surface area contributed by atoms with Crippen molar-refractivity contribution in [2.75, 3.05) is 20.8 Å². The molecule has 0 spiro atoms. The average molecular weight is 498 g/mol. The second kappa shape index (κ2) is 11.3. The normalized spacial score (nSPS) is 10.7. The van der Waals surface area contributed by atoms with Crippen LogP contribution in [-0.2, 0) is 11.3 Å². The van der Waals surface area contributed by atoms with E-state index in [1.54, 1.807) is 45.0 Å². The molecule has 0 fully saturated rings. The molecule has 190 valence electrons. The van der Waals surface area contributed by atoms with Gasteiger partial charge < -0.3 is 18.9 Å². The number of ketones is 1. The first kappa shape index (κ1) is 26.1. The number of nitro benzene ring substituents is 1. The van der Waals surface area contributed by atoms with Crippen molar-refractivity contribution in [3.8, 4) is 17.2 Å². The highest BCUT2D eigenvalue weighted by molar-refractivity contribution is 6.15. The van der Waals surface area contributed by atoms with Gasteiger partial charge in [-0.2, -0.15) is 0 Å². The summed E-state index contributed by atoms with van der Waals surface area (Å²) < 4.78 is 22.3. The first-order valence-corrected chi connectivity index (χ1v) is 11.0. The summed E-state index contributed by atoms with van der Waals surface area (Å²) in [6, 6.07) is 9.28. The molecule has 3 rings (SSSR count). The van der Waals surface area contributed by atoms with Crippen LogP contribution in [0.1, 0.15) is 52.9 Å². The van der Waals surface area contributed by atoms with Crippen LogP contribution in [0.3, 0.4) is 0 Å². The third kappa shape index (κ3) is 5.59. The Morgan fingerprint density at radius 1 is 1.08 bits per heavy atom. The van der Waals surface area contributed by atoms with E-state index in [-0.39, 0.29) is 47.7 Å². The van der Waals surface area contributed by atoms with E-state index >= 15 is 0 Å². The van der Waals surface area contributed by atoms with Crippen LogP contribution < -0.4 is 14.2 Å². The summed E-state index contributed by atoms with van der Waals surface area (Å²) in [5, 5.41) is 19.7. The highest BCUT2D eigenvalue weighted by atomic mass is 16.6. The predicted molar refractivity (Wildman–Crippen MR) is 127 cm³/mol. The zero-order valence-corrected chi connectivity index (χ0v) is 20.5. The number of nitro groups is 1. The molecule has 1 aromatic heterocycles. The molecule has 12 nitrogen and oxygen atoms in total. The van der Waals surface area contributed by atoms with E-state index in [0.29, 0.717) is 5.75 Å². The summed E-state index contributed by atoms with van der Waals surface area (Å²) in [5.74, 6) is -0.876. The minimum atomic E-state index is -0.878. The van der Waals surface area contributed by atoms with Crippen molar-refractivity contribution in [2.24, 2.45) is 0 Å². The van der Waals surface area contributed by atoms with Crippen molar-refractivity contribution < 1.29 is 33.5 Å². The van der Waals surface area contributed by atoms with Crippen molar-refractivity contribution >= 4 is 17.4 Å². The molecule has 2 aromatic carbocycles. The summed E-state index contributed by atoms with van der Waals surface area (Å²) in [5.41, 5.74) is -0.738. The van der Waals surface area contributed by atoms with E-state index in [4.69, 9.17) is 18.9 Å². The summed E-state index contributed by atoms with van der Waals surface area (Å²) >= 11 is 0. The molecule has 0 N–H and O–H groups in total. The standard InChI is InChI=1S/C24H26N4O8/c1-6-35-24(30)21-22(27(26-25-21)13-15-7-9-16(33-4)10-8-15)23(29)17-11-20(36-14(2)3)19(34-5)12-18(17)28(31)32/h7-12,14H,6,13H2,1-5H3. The summed E-state index contributed by atoms with van der Waals surface area (Å²) in [4.78, 5) is 37.5. The third-order valence-corrected chi connectivity index (χ3v) is 5.00. The van der Waals surface area contributed by atoms with Crippen LogP contribution in [0.25, 0.3) is 0 Å². The van der Waals surface area contributed by atoms with Crippen LogP contribution in [0.15, 0.2) is 36.4 Å². The molecular formula is C24H26N4O8. The lowest BCUT2D eigenvalue weighted by Gasteiger charge is -2.15. The number of esters is 1. The number of ether oxygens (including phenoxy) is 4. The largest absolute Gasteiger partial charge is 0.497 e. The van der Waals surface area contributed by atoms with E-state index in [1.165, 1.54) is 25.0 Å². The van der Waals surface area contributed by atoms with Gasteiger partial charge in [-0.1, -0.05) is 17.3 Å². The molecule has 0 saturated heterocycles. The third-order valence-electron chi connectivity index (χ3n) is 5.00. The maximum absolute atomic E-state index is 13.8. The van der Waals surface area contributed by atoms with Crippen LogP contribution in [0.4, 0.5) is 5.69 Å². The molecule has 1 heterocycles. The maximum Gasteiger partial charge on any atom is 0.361 e. The Labute approximate surface area is 206 Å². The number of rotatable bonds is 11. The van der Waals surface area contributed by atoms with Gasteiger partial charge in [0.2, 0.25) is 11.5 Å². The van der Waals surface area contributed by atoms with Crippen molar-refractivity contribution in [1.29, 1.82) is 0 Å². The van der Waals surface area contributed by atoms with E-state index in [1.807, 2.05) is 0 Å². The Bertz CT molecular complexity index is 1270. The summed E-state index contributed by atoms with van der Waals surface area (Å²) in [7, 11) is 2.87. The smallest absolute Gasteiger partial charge is 0.361 e. The lowest BCUT2D eigenvalue weighted by molar-refractivity contribution is -0.385. The molecule has 0 bridgehead atoms. The van der Waals surface area contributed by atoms with Crippen LogP contribution in [0, 0.1) is 10.1 Å². The minimum absolute atomic E-state index is 0.0346. The van der Waals surface area contributed by atoms with E-state index in [2.05, 4.69) is 10.3 Å². The first-order valence-electron chi connectivity index (χ1n) is 11.0. The molecular weight excluding hydrogens is 472 g/mol. The fraction of sp³-hybridized carbons (Fsp3) is 0.333. The van der Waals surface area contributed by atoms with Gasteiger partial charge in [-0.15, -0.1) is 5.10 Å². The average Bonchev–Trinajstić information content (AvgIpc) is 3.27. The van der Waals surface area contributed by atoms with Gasteiger partial charge in [0.15, 0.2) is 11.5 Å². The SMILES string of the molecule is CCOC(=O)c1nnn(Cc2ccc(OC)cc2)c1C(=O)c1cc(OC(C)C)c(OC)cc1[N+](=O)[O-]. The van der Waals surface area contributed by atoms with Crippen molar-refractivity contribution in [1.82, 2.24) is 15.0 Å². The van der Waals surface area contributed by atoms with Gasteiger partial charge in [0.05, 0.1) is 44.5 Å². The molecule has 0 unspecified atom stereocenters. The Balaban J connectivity index is 2.17. The molecule has 0 radical (unpaired) electrons. The van der Waals surface area contributed by atoms with Gasteiger partial charge in [0.25, 0.3) is 5.69 Å². The number of hydrogen-bond acceptors (Lipinski definition) is 10. The number of hydrogen-bond donors (Lipinski definition) is 0. The highest BCUT2D eigenvalue weighted by Gasteiger charge is 2.33. The molecule has 3 aromatic rings. The monoisotopic (exact) mass is 498 g/mol. The number of aromatic nitrogens is 3. The number of carbonyl (C=O) groups excluding carboxylic acids is 2. The maximum atomic E-state index is 13.8. The van der Waals surface area contributed by atoms with E-state index in [0.717, 1.165) is 11.6 Å². The molecule has 0 amide bonds. The second-order valence-corrected chi connectivity index (χ2v) is 7.79. The molecule has 0 aliphatic carbocycles. The quantitative estimate of drug-likeness (QED) is 0.167. The number of methoxy groups -OCH3 is 2. The molecule has 0 aliphatic heterocycles. The van der Waals surface area contributed by atoms with Crippen LogP contribution >= 0.6 is 0 Å². The van der Waals surface area contributed by atoms with Crippen molar-refractivity contribution in [2.45, 2.75) is 33.4 Å². The first-order chi connectivity index (χ1) is 17.2. The minimum Gasteiger partial charge on any atom is -0.497 e. The van der Waals surface area contributed by atoms with Crippen molar-refractivity contribution in [3.63, 3.8) is 0 Å². The van der Waals surface area contributed by atoms with Gasteiger partial charge in [0.1, 0.15) is 17.0 Å². The second-order valence-electron chi connectivity index (χ2n) is 7.79. The van der Waals surface area contributed by atoms with E-state index in [9.17, 15) is 19.7 Å². The number of carbonyl (C=O) groups is 2. The molecule has 36 heavy (non-hydrogen) atoms. The van der Waals surface area contributed by atoms with Crippen LogP contribution in [0.5, 0.6) is 17.2 Å². The van der Waals surface area contributed by atoms with E-state index < -0.39 is 22.4 Å². The number of nitrogens with zero attached hydrogens (tertiary/aromatic N) is 4. The molecule has 0 aliphatic rings. The van der Waals surface area contributed by atoms with Gasteiger partial charge in [-0.25, -0.2) is 9.48 Å². The molecule has 12 heteroatoms. The van der Waals surface area contributed by atoms with Crippen molar-refractivity contribution in [3.05, 3.63) is 69.0 Å². The Hall–Kier alpha value is -4.48. The topological polar surface area (TPSA) is 145 Å². The summed E-state index contributed by atoms with van der Waals surface area (Å²) in [6.07, 6.45) is -0.305. The van der Waals surface area contributed by atoms with Crippen LogP contribution in [0.2, 0.25) is 0 Å². The zero-order valence-electron chi connectivity index (χ0n) is 20.5. The Morgan fingerprint density at radius 2 is 1.78 bits per heavy atom.